The van der Waals surface area contributed by atoms with Crippen molar-refractivity contribution in [1.82, 2.24) is 4.90 Å². The van der Waals surface area contributed by atoms with Crippen LogP contribution in [0.3, 0.4) is 0 Å². The van der Waals surface area contributed by atoms with Gasteiger partial charge >= 0.3 is 5.97 Å². The normalized spacial score (nSPS) is 29.7. The van der Waals surface area contributed by atoms with Crippen molar-refractivity contribution in [2.45, 2.75) is 44.6 Å². The molecule has 0 amide bonds. The maximum absolute atomic E-state index is 11.3. The summed E-state index contributed by atoms with van der Waals surface area (Å²) >= 11 is 0. The van der Waals surface area contributed by atoms with Crippen molar-refractivity contribution in [3.05, 3.63) is 0 Å². The van der Waals surface area contributed by atoms with Crippen LogP contribution in [0.1, 0.15) is 38.5 Å². The molecule has 4 heteroatoms. The summed E-state index contributed by atoms with van der Waals surface area (Å²) in [6.07, 6.45) is 6.73. The molecule has 0 aliphatic carbocycles. The van der Waals surface area contributed by atoms with Crippen molar-refractivity contribution in [3.8, 4) is 0 Å². The molecule has 2 N–H and O–H groups in total. The van der Waals surface area contributed by atoms with E-state index in [0.717, 1.165) is 0 Å². The maximum atomic E-state index is 11.3. The first-order chi connectivity index (χ1) is 8.31. The number of hydrogen-bond donors (Lipinski definition) is 1. The third-order valence-electron chi connectivity index (χ3n) is 4.04. The number of esters is 1. The van der Waals surface area contributed by atoms with E-state index in [0.29, 0.717) is 31.5 Å². The van der Waals surface area contributed by atoms with Gasteiger partial charge in [0, 0.05) is 18.5 Å². The van der Waals surface area contributed by atoms with Crippen LogP contribution in [0.4, 0.5) is 0 Å². The monoisotopic (exact) mass is 240 g/mol. The van der Waals surface area contributed by atoms with Gasteiger partial charge in [-0.3, -0.25) is 9.69 Å². The first-order valence-corrected chi connectivity index (χ1v) is 6.91. The summed E-state index contributed by atoms with van der Waals surface area (Å²) in [5, 5.41) is 0. The summed E-state index contributed by atoms with van der Waals surface area (Å²) in [5.41, 5.74) is 5.34. The Morgan fingerprint density at radius 2 is 2.06 bits per heavy atom. The van der Waals surface area contributed by atoms with E-state index in [1.807, 2.05) is 0 Å². The van der Waals surface area contributed by atoms with Gasteiger partial charge in [0.2, 0.25) is 0 Å². The number of nitrogens with two attached hydrogens (primary N) is 1. The Morgan fingerprint density at radius 1 is 1.24 bits per heavy atom. The molecule has 2 atom stereocenters. The van der Waals surface area contributed by atoms with Gasteiger partial charge in [-0.2, -0.15) is 0 Å². The largest absolute Gasteiger partial charge is 0.465 e. The van der Waals surface area contributed by atoms with E-state index >= 15 is 0 Å². The van der Waals surface area contributed by atoms with Crippen molar-refractivity contribution >= 4 is 5.97 Å². The highest BCUT2D eigenvalue weighted by atomic mass is 16.5. The lowest BCUT2D eigenvalue weighted by atomic mass is 9.84. The highest BCUT2D eigenvalue weighted by Crippen LogP contribution is 2.30. The van der Waals surface area contributed by atoms with Crippen LogP contribution in [0.2, 0.25) is 0 Å². The molecule has 2 aliphatic heterocycles. The molecule has 0 aromatic heterocycles. The van der Waals surface area contributed by atoms with E-state index in [1.54, 1.807) is 0 Å². The third kappa shape index (κ3) is 3.42. The number of rotatable bonds is 4. The zero-order chi connectivity index (χ0) is 12.1. The molecule has 0 aromatic rings. The zero-order valence-electron chi connectivity index (χ0n) is 10.6. The van der Waals surface area contributed by atoms with Gasteiger partial charge in [0.25, 0.3) is 0 Å². The second-order valence-electron chi connectivity index (χ2n) is 5.22. The van der Waals surface area contributed by atoms with Crippen molar-refractivity contribution in [1.29, 1.82) is 0 Å². The molecule has 2 rings (SSSR count). The Bertz CT molecular complexity index is 256. The molecule has 4 nitrogen and oxygen atoms in total. The summed E-state index contributed by atoms with van der Waals surface area (Å²) < 4.78 is 5.33. The summed E-state index contributed by atoms with van der Waals surface area (Å²) in [4.78, 5) is 13.9. The SMILES string of the molecule is NCCC(=O)OC[C@H]1CCCN2CCCC[C@@H]12. The smallest absolute Gasteiger partial charge is 0.307 e. The molecule has 2 fully saturated rings. The minimum absolute atomic E-state index is 0.138. The van der Waals surface area contributed by atoms with Gasteiger partial charge < -0.3 is 10.5 Å². The van der Waals surface area contributed by atoms with E-state index in [9.17, 15) is 4.79 Å². The molecule has 0 radical (unpaired) electrons. The molecule has 2 aliphatic rings. The second kappa shape index (κ2) is 6.36. The van der Waals surface area contributed by atoms with Gasteiger partial charge in [-0.25, -0.2) is 0 Å². The molecule has 0 spiro atoms. The molecule has 2 saturated heterocycles. The van der Waals surface area contributed by atoms with Gasteiger partial charge in [-0.15, -0.1) is 0 Å². The standard InChI is InChI=1S/C13H24N2O2/c14-7-6-13(16)17-10-11-4-3-9-15-8-2-1-5-12(11)15/h11-12H,1-10,14H2/t11-,12+/m1/s1. The lowest BCUT2D eigenvalue weighted by molar-refractivity contribution is -0.146. The Balaban J connectivity index is 1.80. The molecule has 0 unspecified atom stereocenters. The fraction of sp³-hybridized carbons (Fsp3) is 0.923. The quantitative estimate of drug-likeness (QED) is 0.749. The van der Waals surface area contributed by atoms with E-state index in [2.05, 4.69) is 4.90 Å². The van der Waals surface area contributed by atoms with Crippen molar-refractivity contribution in [2.75, 3.05) is 26.2 Å². The Labute approximate surface area is 103 Å². The lowest BCUT2D eigenvalue weighted by Crippen LogP contribution is -2.49. The first kappa shape index (κ1) is 12.8. The van der Waals surface area contributed by atoms with Crippen LogP contribution in [0.25, 0.3) is 0 Å². The van der Waals surface area contributed by atoms with Crippen molar-refractivity contribution < 1.29 is 9.53 Å². The highest BCUT2D eigenvalue weighted by molar-refractivity contribution is 5.69. The number of nitrogens with zero attached hydrogens (tertiary/aromatic N) is 1. The maximum Gasteiger partial charge on any atom is 0.307 e. The van der Waals surface area contributed by atoms with E-state index < -0.39 is 0 Å². The Morgan fingerprint density at radius 3 is 2.88 bits per heavy atom. The van der Waals surface area contributed by atoms with Crippen LogP contribution in [-0.2, 0) is 9.53 Å². The van der Waals surface area contributed by atoms with E-state index in [-0.39, 0.29) is 5.97 Å². The molecule has 98 valence electrons. The predicted octanol–water partition coefficient (Wildman–Crippen LogP) is 1.14. The van der Waals surface area contributed by atoms with Gasteiger partial charge in [0.05, 0.1) is 13.0 Å². The minimum Gasteiger partial charge on any atom is -0.465 e. The second-order valence-corrected chi connectivity index (χ2v) is 5.22. The fourth-order valence-corrected chi connectivity index (χ4v) is 3.16. The third-order valence-corrected chi connectivity index (χ3v) is 4.04. The molecule has 17 heavy (non-hydrogen) atoms. The Kier molecular flexibility index (Phi) is 4.80. The van der Waals surface area contributed by atoms with E-state index in [1.165, 1.54) is 45.2 Å². The van der Waals surface area contributed by atoms with Crippen LogP contribution in [0.5, 0.6) is 0 Å². The number of ether oxygens (including phenoxy) is 1. The molecule has 0 bridgehead atoms. The van der Waals surface area contributed by atoms with Crippen molar-refractivity contribution in [2.24, 2.45) is 11.7 Å². The molecule has 2 heterocycles. The molecular formula is C13H24N2O2. The summed E-state index contributed by atoms with van der Waals surface area (Å²) in [7, 11) is 0. The number of carbonyl (C=O) groups is 1. The highest BCUT2D eigenvalue weighted by Gasteiger charge is 2.33. The van der Waals surface area contributed by atoms with Crippen LogP contribution < -0.4 is 5.73 Å². The molecular weight excluding hydrogens is 216 g/mol. The summed E-state index contributed by atoms with van der Waals surface area (Å²) in [6, 6.07) is 0.656. The van der Waals surface area contributed by atoms with Crippen LogP contribution in [0.15, 0.2) is 0 Å². The number of hydrogen-bond acceptors (Lipinski definition) is 4. The van der Waals surface area contributed by atoms with Crippen LogP contribution in [-0.4, -0.2) is 43.2 Å². The van der Waals surface area contributed by atoms with E-state index in [4.69, 9.17) is 10.5 Å². The van der Waals surface area contributed by atoms with Gasteiger partial charge in [0.1, 0.15) is 0 Å². The predicted molar refractivity (Wildman–Crippen MR) is 66.6 cm³/mol. The Hall–Kier alpha value is -0.610. The van der Waals surface area contributed by atoms with Gasteiger partial charge in [-0.1, -0.05) is 6.42 Å². The lowest BCUT2D eigenvalue weighted by Gasteiger charge is -2.44. The van der Waals surface area contributed by atoms with Crippen LogP contribution >= 0.6 is 0 Å². The molecule has 0 aromatic carbocycles. The average molecular weight is 240 g/mol. The zero-order valence-corrected chi connectivity index (χ0v) is 10.6. The summed E-state index contributed by atoms with van der Waals surface area (Å²) in [5.74, 6) is 0.409. The number of carbonyl (C=O) groups excluding carboxylic acids is 1. The van der Waals surface area contributed by atoms with Crippen molar-refractivity contribution in [3.63, 3.8) is 0 Å². The summed E-state index contributed by atoms with van der Waals surface area (Å²) in [6.45, 7) is 3.45. The van der Waals surface area contributed by atoms with Crippen LogP contribution in [0, 0.1) is 5.92 Å². The first-order valence-electron chi connectivity index (χ1n) is 6.91. The fourth-order valence-electron chi connectivity index (χ4n) is 3.16. The van der Waals surface area contributed by atoms with Gasteiger partial charge in [-0.05, 0) is 38.8 Å². The average Bonchev–Trinajstić information content (AvgIpc) is 2.36. The van der Waals surface area contributed by atoms with Gasteiger partial charge in [0.15, 0.2) is 0 Å². The number of fused-ring (bicyclic) bond motifs is 1. The molecule has 0 saturated carbocycles. The topological polar surface area (TPSA) is 55.6 Å². The minimum atomic E-state index is -0.138. The number of piperidine rings is 2.